The number of halogens is 3. The summed E-state index contributed by atoms with van der Waals surface area (Å²) in [7, 11) is 0. The molecule has 2 aliphatic rings. The Hall–Kier alpha value is -3.18. The number of ether oxygens (including phenoxy) is 2. The van der Waals surface area contributed by atoms with Crippen molar-refractivity contribution in [3.8, 4) is 0 Å². The van der Waals surface area contributed by atoms with Gasteiger partial charge in [-0.1, -0.05) is 18.7 Å². The highest BCUT2D eigenvalue weighted by atomic mass is 19.4. The predicted molar refractivity (Wildman–Crippen MR) is 119 cm³/mol. The van der Waals surface area contributed by atoms with Crippen molar-refractivity contribution in [1.82, 2.24) is 14.9 Å². The zero-order chi connectivity index (χ0) is 24.1. The van der Waals surface area contributed by atoms with Gasteiger partial charge in [-0.2, -0.15) is 18.2 Å². The lowest BCUT2D eigenvalue weighted by molar-refractivity contribution is -0.137. The first-order valence-corrected chi connectivity index (χ1v) is 10.9. The van der Waals surface area contributed by atoms with Crippen molar-refractivity contribution in [2.45, 2.75) is 24.9 Å². The molecule has 2 aromatic rings. The molecule has 2 atom stereocenters. The maximum absolute atomic E-state index is 12.8. The number of morpholine rings is 1. The first-order valence-electron chi connectivity index (χ1n) is 10.9. The van der Waals surface area contributed by atoms with Gasteiger partial charge in [0.1, 0.15) is 5.82 Å². The number of hydrogen-bond acceptors (Lipinski definition) is 7. The fourth-order valence-electron chi connectivity index (χ4n) is 3.94. The van der Waals surface area contributed by atoms with Crippen LogP contribution < -0.4 is 10.2 Å². The third-order valence-corrected chi connectivity index (χ3v) is 5.79. The van der Waals surface area contributed by atoms with Crippen molar-refractivity contribution in [2.75, 3.05) is 49.6 Å². The van der Waals surface area contributed by atoms with E-state index < -0.39 is 17.8 Å². The fraction of sp³-hybridized carbons (Fsp3) is 0.435. The van der Waals surface area contributed by atoms with Crippen molar-refractivity contribution < 1.29 is 27.4 Å². The summed E-state index contributed by atoms with van der Waals surface area (Å²) in [6, 6.07) is 6.36. The summed E-state index contributed by atoms with van der Waals surface area (Å²) >= 11 is 0. The van der Waals surface area contributed by atoms with E-state index >= 15 is 0 Å². The molecule has 182 valence electrons. The van der Waals surface area contributed by atoms with Gasteiger partial charge in [-0.15, -0.1) is 0 Å². The second-order valence-electron chi connectivity index (χ2n) is 8.08. The van der Waals surface area contributed by atoms with Gasteiger partial charge in [0.2, 0.25) is 11.9 Å². The average molecular weight is 477 g/mol. The number of carbonyl (C=O) groups excluding carboxylic acids is 1. The zero-order valence-electron chi connectivity index (χ0n) is 18.5. The minimum absolute atomic E-state index is 0.103. The Morgan fingerprint density at radius 1 is 1.21 bits per heavy atom. The molecule has 11 heteroatoms. The normalized spacial score (nSPS) is 20.9. The molecule has 8 nitrogen and oxygen atoms in total. The molecule has 2 fully saturated rings. The minimum Gasteiger partial charge on any atom is -0.378 e. The maximum atomic E-state index is 12.8. The Morgan fingerprint density at radius 2 is 1.94 bits per heavy atom. The topological polar surface area (TPSA) is 79.8 Å². The summed E-state index contributed by atoms with van der Waals surface area (Å²) in [6.07, 6.45) is -1.90. The SMILES string of the molecule is C=CC(=O)N1C[C@@H](Nc2nccc(N3CCOCC3)n2)[C@H](OCc2ccc(C(F)(F)F)cc2)C1. The molecule has 1 N–H and O–H groups in total. The van der Waals surface area contributed by atoms with Gasteiger partial charge in [0.25, 0.3) is 0 Å². The second kappa shape index (κ2) is 10.4. The number of anilines is 2. The fourth-order valence-corrected chi connectivity index (χ4v) is 3.94. The summed E-state index contributed by atoms with van der Waals surface area (Å²) in [4.78, 5) is 24.8. The number of nitrogens with zero attached hydrogens (tertiary/aromatic N) is 4. The lowest BCUT2D eigenvalue weighted by Crippen LogP contribution is -2.37. The van der Waals surface area contributed by atoms with Crippen LogP contribution in [0.5, 0.6) is 0 Å². The molecular formula is C23H26F3N5O3. The summed E-state index contributed by atoms with van der Waals surface area (Å²) < 4.78 is 49.8. The lowest BCUT2D eigenvalue weighted by atomic mass is 10.1. The quantitative estimate of drug-likeness (QED) is 0.615. The van der Waals surface area contributed by atoms with Gasteiger partial charge in [0.05, 0.1) is 37.5 Å². The summed E-state index contributed by atoms with van der Waals surface area (Å²) in [5.74, 6) is 0.959. The van der Waals surface area contributed by atoms with Crippen molar-refractivity contribution in [2.24, 2.45) is 0 Å². The molecule has 0 aliphatic carbocycles. The highest BCUT2D eigenvalue weighted by Crippen LogP contribution is 2.29. The zero-order valence-corrected chi connectivity index (χ0v) is 18.5. The van der Waals surface area contributed by atoms with Gasteiger partial charge >= 0.3 is 6.18 Å². The number of amides is 1. The van der Waals surface area contributed by atoms with Crippen LogP contribution in [0.2, 0.25) is 0 Å². The van der Waals surface area contributed by atoms with Gasteiger partial charge in [0.15, 0.2) is 0 Å². The Labute approximate surface area is 195 Å². The minimum atomic E-state index is -4.39. The van der Waals surface area contributed by atoms with E-state index in [4.69, 9.17) is 9.47 Å². The Bertz CT molecular complexity index is 996. The number of hydrogen-bond donors (Lipinski definition) is 1. The molecule has 0 radical (unpaired) electrons. The number of nitrogens with one attached hydrogen (secondary N) is 1. The summed E-state index contributed by atoms with van der Waals surface area (Å²) in [5.41, 5.74) is -0.109. The Balaban J connectivity index is 1.44. The third kappa shape index (κ3) is 5.84. The van der Waals surface area contributed by atoms with Crippen LogP contribution in [0.15, 0.2) is 49.2 Å². The van der Waals surface area contributed by atoms with Crippen LogP contribution in [-0.4, -0.2) is 72.3 Å². The highest BCUT2D eigenvalue weighted by molar-refractivity contribution is 5.87. The van der Waals surface area contributed by atoms with Gasteiger partial charge in [-0.3, -0.25) is 4.79 Å². The lowest BCUT2D eigenvalue weighted by Gasteiger charge is -2.28. The van der Waals surface area contributed by atoms with E-state index in [0.717, 1.165) is 31.0 Å². The molecular weight excluding hydrogens is 451 g/mol. The first kappa shape index (κ1) is 24.0. The van der Waals surface area contributed by atoms with Gasteiger partial charge < -0.3 is 24.6 Å². The summed E-state index contributed by atoms with van der Waals surface area (Å²) in [6.45, 7) is 7.05. The number of aromatic nitrogens is 2. The van der Waals surface area contributed by atoms with Gasteiger partial charge in [-0.05, 0) is 29.8 Å². The molecule has 1 aromatic heterocycles. The molecule has 1 aromatic carbocycles. The van der Waals surface area contributed by atoms with E-state index in [2.05, 4.69) is 26.8 Å². The predicted octanol–water partition coefficient (Wildman–Crippen LogP) is 2.73. The van der Waals surface area contributed by atoms with Crippen molar-refractivity contribution in [3.63, 3.8) is 0 Å². The monoisotopic (exact) mass is 477 g/mol. The maximum Gasteiger partial charge on any atom is 0.416 e. The number of carbonyl (C=O) groups is 1. The van der Waals surface area contributed by atoms with Crippen molar-refractivity contribution >= 4 is 17.7 Å². The number of benzene rings is 1. The van der Waals surface area contributed by atoms with Crippen LogP contribution in [0.4, 0.5) is 24.9 Å². The van der Waals surface area contributed by atoms with Crippen molar-refractivity contribution in [1.29, 1.82) is 0 Å². The molecule has 0 bridgehead atoms. The molecule has 0 spiro atoms. The largest absolute Gasteiger partial charge is 0.416 e. The average Bonchev–Trinajstić information content (AvgIpc) is 3.25. The van der Waals surface area contributed by atoms with Crippen LogP contribution in [0.3, 0.4) is 0 Å². The van der Waals surface area contributed by atoms with E-state index in [9.17, 15) is 18.0 Å². The van der Waals surface area contributed by atoms with Crippen LogP contribution in [0.25, 0.3) is 0 Å². The molecule has 0 saturated carbocycles. The van der Waals surface area contributed by atoms with Crippen molar-refractivity contribution in [3.05, 3.63) is 60.3 Å². The molecule has 2 saturated heterocycles. The molecule has 34 heavy (non-hydrogen) atoms. The van der Waals surface area contributed by atoms with E-state index in [1.54, 1.807) is 11.1 Å². The van der Waals surface area contributed by atoms with Gasteiger partial charge in [-0.25, -0.2) is 4.98 Å². The van der Waals surface area contributed by atoms with Crippen LogP contribution in [-0.2, 0) is 27.1 Å². The number of alkyl halides is 3. The van der Waals surface area contributed by atoms with Crippen LogP contribution in [0, 0.1) is 0 Å². The second-order valence-corrected chi connectivity index (χ2v) is 8.08. The Morgan fingerprint density at radius 3 is 2.62 bits per heavy atom. The molecule has 1 amide bonds. The van der Waals surface area contributed by atoms with Crippen LogP contribution >= 0.6 is 0 Å². The molecule has 3 heterocycles. The van der Waals surface area contributed by atoms with E-state index in [0.29, 0.717) is 37.8 Å². The number of likely N-dealkylation sites (tertiary alicyclic amines) is 1. The van der Waals surface area contributed by atoms with E-state index in [1.165, 1.54) is 18.2 Å². The smallest absolute Gasteiger partial charge is 0.378 e. The van der Waals surface area contributed by atoms with Crippen LogP contribution in [0.1, 0.15) is 11.1 Å². The summed E-state index contributed by atoms with van der Waals surface area (Å²) in [5, 5.41) is 3.26. The van der Waals surface area contributed by atoms with Gasteiger partial charge in [0, 0.05) is 32.4 Å². The molecule has 0 unspecified atom stereocenters. The third-order valence-electron chi connectivity index (χ3n) is 5.79. The first-order chi connectivity index (χ1) is 16.3. The molecule has 2 aliphatic heterocycles. The number of rotatable bonds is 7. The Kier molecular flexibility index (Phi) is 7.32. The molecule has 4 rings (SSSR count). The van der Waals surface area contributed by atoms with E-state index in [1.807, 2.05) is 6.07 Å². The van der Waals surface area contributed by atoms with E-state index in [-0.39, 0.29) is 18.6 Å². The standard InChI is InChI=1S/C23H26F3N5O3/c1-2-21(32)31-13-18(28-22-27-8-7-20(29-22)30-9-11-33-12-10-30)19(14-31)34-15-16-3-5-17(6-4-16)23(24,25)26/h2-8,18-19H,1,9-15H2,(H,27,28,29)/t18-,19-/m1/s1. The highest BCUT2D eigenvalue weighted by Gasteiger charge is 2.36.